The molecule has 0 aromatic heterocycles. The van der Waals surface area contributed by atoms with Crippen LogP contribution >= 0.6 is 0 Å². The number of rotatable bonds is 13. The molecule has 1 atom stereocenters. The van der Waals surface area contributed by atoms with E-state index in [2.05, 4.69) is 13.8 Å². The van der Waals surface area contributed by atoms with Crippen LogP contribution < -0.4 is 0 Å². The van der Waals surface area contributed by atoms with E-state index in [0.29, 0.717) is 13.2 Å². The SMILES string of the molecule is CCCCCCCCC(C)C(OC)(OCC)OCC. The van der Waals surface area contributed by atoms with E-state index < -0.39 is 5.97 Å². The van der Waals surface area contributed by atoms with Gasteiger partial charge in [-0.15, -0.1) is 0 Å². The monoisotopic (exact) mass is 274 g/mol. The van der Waals surface area contributed by atoms with Crippen molar-refractivity contribution in [1.29, 1.82) is 0 Å². The van der Waals surface area contributed by atoms with Crippen LogP contribution in [0.1, 0.15) is 72.6 Å². The van der Waals surface area contributed by atoms with Crippen molar-refractivity contribution in [3.63, 3.8) is 0 Å². The highest BCUT2D eigenvalue weighted by molar-refractivity contribution is 4.67. The van der Waals surface area contributed by atoms with Crippen molar-refractivity contribution < 1.29 is 14.2 Å². The molecule has 0 spiro atoms. The minimum absolute atomic E-state index is 0.253. The maximum Gasteiger partial charge on any atom is 0.285 e. The minimum atomic E-state index is -0.854. The predicted molar refractivity (Wildman–Crippen MR) is 80.1 cm³/mol. The van der Waals surface area contributed by atoms with Crippen LogP contribution in [-0.4, -0.2) is 26.3 Å². The zero-order chi connectivity index (χ0) is 14.6. The van der Waals surface area contributed by atoms with Crippen molar-refractivity contribution in [1.82, 2.24) is 0 Å². The van der Waals surface area contributed by atoms with Crippen molar-refractivity contribution in [2.45, 2.75) is 78.6 Å². The standard InChI is InChI=1S/C16H34O3/c1-6-9-10-11-12-13-14-15(4)16(17-5,18-7-2)19-8-3/h15H,6-14H2,1-5H3. The van der Waals surface area contributed by atoms with Crippen LogP contribution in [-0.2, 0) is 14.2 Å². The highest BCUT2D eigenvalue weighted by Crippen LogP contribution is 2.29. The quantitative estimate of drug-likeness (QED) is 0.358. The topological polar surface area (TPSA) is 27.7 Å². The summed E-state index contributed by atoms with van der Waals surface area (Å²) in [6.45, 7) is 9.57. The lowest BCUT2D eigenvalue weighted by Gasteiger charge is -2.36. The van der Waals surface area contributed by atoms with Crippen molar-refractivity contribution in [3.05, 3.63) is 0 Å². The number of hydrogen-bond donors (Lipinski definition) is 0. The summed E-state index contributed by atoms with van der Waals surface area (Å²) in [6, 6.07) is 0. The van der Waals surface area contributed by atoms with Gasteiger partial charge >= 0.3 is 0 Å². The third-order valence-electron chi connectivity index (χ3n) is 3.57. The van der Waals surface area contributed by atoms with E-state index in [-0.39, 0.29) is 5.92 Å². The van der Waals surface area contributed by atoms with Gasteiger partial charge in [-0.3, -0.25) is 0 Å². The molecule has 3 heteroatoms. The summed E-state index contributed by atoms with van der Waals surface area (Å²) in [6.07, 6.45) is 8.95. The van der Waals surface area contributed by atoms with Gasteiger partial charge in [0.25, 0.3) is 5.97 Å². The second-order valence-corrected chi connectivity index (χ2v) is 5.13. The highest BCUT2D eigenvalue weighted by atomic mass is 16.9. The lowest BCUT2D eigenvalue weighted by atomic mass is 9.99. The summed E-state index contributed by atoms with van der Waals surface area (Å²) in [4.78, 5) is 0. The third-order valence-corrected chi connectivity index (χ3v) is 3.57. The summed E-state index contributed by atoms with van der Waals surface area (Å²) in [5.74, 6) is -0.601. The Bertz CT molecular complexity index is 188. The predicted octanol–water partition coefficient (Wildman–Crippen LogP) is 4.75. The molecule has 0 bridgehead atoms. The van der Waals surface area contributed by atoms with Crippen molar-refractivity contribution >= 4 is 0 Å². The van der Waals surface area contributed by atoms with Crippen LogP contribution in [0.25, 0.3) is 0 Å². The largest absolute Gasteiger partial charge is 0.331 e. The fourth-order valence-electron chi connectivity index (χ4n) is 2.46. The van der Waals surface area contributed by atoms with Gasteiger partial charge in [-0.05, 0) is 20.3 Å². The van der Waals surface area contributed by atoms with Gasteiger partial charge in [0.05, 0.1) is 0 Å². The lowest BCUT2D eigenvalue weighted by molar-refractivity contribution is -0.392. The molecule has 0 saturated heterocycles. The van der Waals surface area contributed by atoms with Gasteiger partial charge in [-0.25, -0.2) is 0 Å². The second kappa shape index (κ2) is 11.7. The number of hydrogen-bond acceptors (Lipinski definition) is 3. The van der Waals surface area contributed by atoms with Gasteiger partial charge in [-0.1, -0.05) is 52.4 Å². The number of unbranched alkanes of at least 4 members (excludes halogenated alkanes) is 5. The molecule has 19 heavy (non-hydrogen) atoms. The first-order valence-electron chi connectivity index (χ1n) is 7.99. The smallest absolute Gasteiger partial charge is 0.285 e. The van der Waals surface area contributed by atoms with Crippen LogP contribution in [0.5, 0.6) is 0 Å². The zero-order valence-corrected chi connectivity index (χ0v) is 13.7. The van der Waals surface area contributed by atoms with Crippen molar-refractivity contribution in [3.8, 4) is 0 Å². The Morgan fingerprint density at radius 3 is 1.84 bits per heavy atom. The Kier molecular flexibility index (Phi) is 11.6. The number of ether oxygens (including phenoxy) is 3. The van der Waals surface area contributed by atoms with E-state index >= 15 is 0 Å². The number of methoxy groups -OCH3 is 1. The molecular formula is C16H34O3. The molecule has 0 amide bonds. The third kappa shape index (κ3) is 7.28. The average molecular weight is 274 g/mol. The Hall–Kier alpha value is -0.120. The molecule has 0 aromatic carbocycles. The summed E-state index contributed by atoms with van der Waals surface area (Å²) in [5, 5.41) is 0. The first-order valence-corrected chi connectivity index (χ1v) is 7.99. The molecule has 3 nitrogen and oxygen atoms in total. The molecule has 0 N–H and O–H groups in total. The molecule has 0 fully saturated rings. The molecule has 116 valence electrons. The Morgan fingerprint density at radius 2 is 1.37 bits per heavy atom. The zero-order valence-electron chi connectivity index (χ0n) is 13.7. The van der Waals surface area contributed by atoms with Gasteiger partial charge in [0.2, 0.25) is 0 Å². The first kappa shape index (κ1) is 18.9. The van der Waals surface area contributed by atoms with E-state index in [1.807, 2.05) is 13.8 Å². The van der Waals surface area contributed by atoms with Gasteiger partial charge in [0, 0.05) is 26.2 Å². The van der Waals surface area contributed by atoms with E-state index in [9.17, 15) is 0 Å². The summed E-state index contributed by atoms with van der Waals surface area (Å²) in [5.41, 5.74) is 0. The molecule has 0 heterocycles. The molecule has 0 aliphatic heterocycles. The second-order valence-electron chi connectivity index (χ2n) is 5.13. The van der Waals surface area contributed by atoms with Crippen LogP contribution in [0.4, 0.5) is 0 Å². The summed E-state index contributed by atoms with van der Waals surface area (Å²) >= 11 is 0. The summed E-state index contributed by atoms with van der Waals surface area (Å²) in [7, 11) is 1.67. The van der Waals surface area contributed by atoms with Crippen LogP contribution in [0.3, 0.4) is 0 Å². The van der Waals surface area contributed by atoms with E-state index in [0.717, 1.165) is 6.42 Å². The summed E-state index contributed by atoms with van der Waals surface area (Å²) < 4.78 is 17.0. The fourth-order valence-corrected chi connectivity index (χ4v) is 2.46. The molecule has 1 unspecified atom stereocenters. The Labute approximate surface area is 120 Å². The van der Waals surface area contributed by atoms with Gasteiger partial charge < -0.3 is 14.2 Å². The highest BCUT2D eigenvalue weighted by Gasteiger charge is 2.37. The van der Waals surface area contributed by atoms with Crippen molar-refractivity contribution in [2.24, 2.45) is 5.92 Å². The van der Waals surface area contributed by atoms with Gasteiger partial charge in [0.15, 0.2) is 0 Å². The van der Waals surface area contributed by atoms with Crippen LogP contribution in [0, 0.1) is 5.92 Å². The molecule has 0 rings (SSSR count). The molecule has 0 aliphatic carbocycles. The Morgan fingerprint density at radius 1 is 0.842 bits per heavy atom. The maximum absolute atomic E-state index is 5.73. The minimum Gasteiger partial charge on any atom is -0.331 e. The first-order chi connectivity index (χ1) is 9.16. The molecule has 0 saturated carbocycles. The van der Waals surface area contributed by atoms with Gasteiger partial charge in [0.1, 0.15) is 0 Å². The van der Waals surface area contributed by atoms with E-state index in [1.54, 1.807) is 7.11 Å². The molecule has 0 radical (unpaired) electrons. The van der Waals surface area contributed by atoms with Crippen LogP contribution in [0.15, 0.2) is 0 Å². The lowest BCUT2D eigenvalue weighted by Crippen LogP contribution is -2.44. The average Bonchev–Trinajstić information content (AvgIpc) is 2.42. The fraction of sp³-hybridized carbons (Fsp3) is 1.00. The maximum atomic E-state index is 5.73. The van der Waals surface area contributed by atoms with Gasteiger partial charge in [-0.2, -0.15) is 0 Å². The molecule has 0 aromatic rings. The van der Waals surface area contributed by atoms with E-state index in [1.165, 1.54) is 38.5 Å². The Balaban J connectivity index is 4.06. The normalized spacial score (nSPS) is 13.7. The van der Waals surface area contributed by atoms with Crippen molar-refractivity contribution in [2.75, 3.05) is 20.3 Å². The molecule has 0 aliphatic rings. The molecular weight excluding hydrogens is 240 g/mol. The van der Waals surface area contributed by atoms with Crippen LogP contribution in [0.2, 0.25) is 0 Å². The van der Waals surface area contributed by atoms with E-state index in [4.69, 9.17) is 14.2 Å².